The SMILES string of the molecule is COc1cc([C@@H]2c3cc4c(cc3[C@@H](CCN3CCCCC3)[C@H]3COC(=O)[C@H]23)OCO4)cc(OC)c1O. The van der Waals surface area contributed by atoms with Crippen LogP contribution in [0.15, 0.2) is 24.3 Å². The minimum atomic E-state index is -0.344. The maximum Gasteiger partial charge on any atom is 0.310 e. The molecule has 2 aromatic carbocycles. The zero-order valence-corrected chi connectivity index (χ0v) is 20.8. The molecule has 8 nitrogen and oxygen atoms in total. The Balaban J connectivity index is 1.47. The van der Waals surface area contributed by atoms with Crippen molar-refractivity contribution >= 4 is 5.97 Å². The van der Waals surface area contributed by atoms with Gasteiger partial charge in [-0.05, 0) is 85.8 Å². The maximum atomic E-state index is 13.3. The normalized spacial score (nSPS) is 26.8. The molecule has 1 N–H and O–H groups in total. The van der Waals surface area contributed by atoms with Gasteiger partial charge in [-0.3, -0.25) is 4.79 Å². The predicted molar refractivity (Wildman–Crippen MR) is 131 cm³/mol. The summed E-state index contributed by atoms with van der Waals surface area (Å²) in [5.41, 5.74) is 3.06. The van der Waals surface area contributed by atoms with Crippen molar-refractivity contribution in [3.63, 3.8) is 0 Å². The summed E-state index contributed by atoms with van der Waals surface area (Å²) in [4.78, 5) is 15.8. The minimum absolute atomic E-state index is 0.0472. The lowest BCUT2D eigenvalue weighted by Crippen LogP contribution is -2.37. The Morgan fingerprint density at radius 1 is 0.944 bits per heavy atom. The van der Waals surface area contributed by atoms with Crippen molar-refractivity contribution in [3.8, 4) is 28.7 Å². The quantitative estimate of drug-likeness (QED) is 0.601. The number of phenolic OH excluding ortho intramolecular Hbond substituents is 1. The lowest BCUT2D eigenvalue weighted by atomic mass is 9.62. The van der Waals surface area contributed by atoms with Crippen molar-refractivity contribution in [3.05, 3.63) is 41.0 Å². The van der Waals surface area contributed by atoms with Gasteiger partial charge in [-0.2, -0.15) is 0 Å². The highest BCUT2D eigenvalue weighted by Gasteiger charge is 2.52. The van der Waals surface area contributed by atoms with E-state index >= 15 is 0 Å². The number of phenols is 1. The average Bonchev–Trinajstić information content (AvgIpc) is 3.52. The molecular weight excluding hydrogens is 462 g/mol. The Morgan fingerprint density at radius 2 is 1.61 bits per heavy atom. The molecule has 4 aliphatic rings. The Kier molecular flexibility index (Phi) is 6.07. The summed E-state index contributed by atoms with van der Waals surface area (Å²) >= 11 is 0. The van der Waals surface area contributed by atoms with E-state index in [9.17, 15) is 9.90 Å². The third kappa shape index (κ3) is 3.82. The highest BCUT2D eigenvalue weighted by molar-refractivity contribution is 5.79. The number of fused-ring (bicyclic) bond motifs is 3. The molecule has 4 atom stereocenters. The number of likely N-dealkylation sites (tertiary alicyclic amines) is 1. The molecule has 0 radical (unpaired) electrons. The Bertz CT molecular complexity index is 1130. The molecular formula is C28H33NO7. The molecule has 2 fully saturated rings. The highest BCUT2D eigenvalue weighted by Crippen LogP contribution is 2.57. The summed E-state index contributed by atoms with van der Waals surface area (Å²) in [5.74, 6) is 1.40. The second-order valence-corrected chi connectivity index (χ2v) is 10.2. The van der Waals surface area contributed by atoms with Crippen LogP contribution in [0, 0.1) is 11.8 Å². The van der Waals surface area contributed by atoms with Crippen LogP contribution in [0.5, 0.6) is 28.7 Å². The van der Waals surface area contributed by atoms with Gasteiger partial charge in [0.25, 0.3) is 0 Å². The lowest BCUT2D eigenvalue weighted by Gasteiger charge is -2.40. The molecule has 192 valence electrons. The molecule has 0 spiro atoms. The molecule has 0 bridgehead atoms. The van der Waals surface area contributed by atoms with Crippen LogP contribution in [0.3, 0.4) is 0 Å². The second kappa shape index (κ2) is 9.39. The molecule has 3 aliphatic heterocycles. The Labute approximate surface area is 211 Å². The molecule has 36 heavy (non-hydrogen) atoms. The van der Waals surface area contributed by atoms with E-state index < -0.39 is 0 Å². The van der Waals surface area contributed by atoms with Crippen molar-refractivity contribution in [2.24, 2.45) is 11.8 Å². The van der Waals surface area contributed by atoms with Crippen LogP contribution >= 0.6 is 0 Å². The van der Waals surface area contributed by atoms with Gasteiger partial charge in [-0.1, -0.05) is 6.42 Å². The van der Waals surface area contributed by atoms with E-state index in [0.29, 0.717) is 23.9 Å². The first-order chi connectivity index (χ1) is 17.6. The number of hydrogen-bond donors (Lipinski definition) is 1. The average molecular weight is 496 g/mol. The number of carbonyl (C=O) groups is 1. The number of esters is 1. The topological polar surface area (TPSA) is 86.7 Å². The van der Waals surface area contributed by atoms with Crippen molar-refractivity contribution < 1.29 is 33.6 Å². The number of benzene rings is 2. The van der Waals surface area contributed by atoms with Crippen LogP contribution in [-0.4, -0.2) is 63.2 Å². The van der Waals surface area contributed by atoms with Crippen molar-refractivity contribution in [2.75, 3.05) is 47.3 Å². The highest BCUT2D eigenvalue weighted by atomic mass is 16.7. The fourth-order valence-corrected chi connectivity index (χ4v) is 6.65. The Hall–Kier alpha value is -3.13. The molecule has 0 saturated carbocycles. The standard InChI is InChI=1S/C28H33NO7/c1-32-23-10-16(11-24(33-2)27(23)30)25-19-13-22-21(35-15-36-22)12-18(19)17(20-14-34-28(31)26(20)25)6-9-29-7-4-3-5-8-29/h10-13,17,20,25-26,30H,3-9,14-15H2,1-2H3/t17-,20-,25-,26+/m1/s1. The molecule has 0 aromatic heterocycles. The molecule has 1 aliphatic carbocycles. The van der Waals surface area contributed by atoms with Gasteiger partial charge in [0.15, 0.2) is 23.0 Å². The van der Waals surface area contributed by atoms with Gasteiger partial charge in [-0.15, -0.1) is 0 Å². The van der Waals surface area contributed by atoms with Gasteiger partial charge >= 0.3 is 5.97 Å². The number of ether oxygens (including phenoxy) is 5. The number of aromatic hydroxyl groups is 1. The van der Waals surface area contributed by atoms with Gasteiger partial charge in [0, 0.05) is 11.8 Å². The van der Waals surface area contributed by atoms with Gasteiger partial charge in [0.05, 0.1) is 26.7 Å². The summed E-state index contributed by atoms with van der Waals surface area (Å²) in [6.07, 6.45) is 4.76. The number of piperidine rings is 1. The third-order valence-corrected chi connectivity index (χ3v) is 8.41. The zero-order valence-electron chi connectivity index (χ0n) is 20.8. The van der Waals surface area contributed by atoms with Crippen LogP contribution in [-0.2, 0) is 9.53 Å². The minimum Gasteiger partial charge on any atom is -0.502 e. The van der Waals surface area contributed by atoms with Crippen LogP contribution in [0.4, 0.5) is 0 Å². The van der Waals surface area contributed by atoms with Gasteiger partial charge < -0.3 is 33.7 Å². The summed E-state index contributed by atoms with van der Waals surface area (Å²) in [7, 11) is 3.02. The molecule has 2 saturated heterocycles. The van der Waals surface area contributed by atoms with Crippen LogP contribution in [0.25, 0.3) is 0 Å². The summed E-state index contributed by atoms with van der Waals surface area (Å²) in [6.45, 7) is 3.88. The number of rotatable bonds is 6. The van der Waals surface area contributed by atoms with Gasteiger partial charge in [-0.25, -0.2) is 0 Å². The monoisotopic (exact) mass is 495 g/mol. The van der Waals surface area contributed by atoms with E-state index in [1.807, 2.05) is 6.07 Å². The maximum absolute atomic E-state index is 13.3. The molecule has 8 heteroatoms. The molecule has 0 unspecified atom stereocenters. The first-order valence-corrected chi connectivity index (χ1v) is 12.9. The van der Waals surface area contributed by atoms with Gasteiger partial charge in [0.1, 0.15) is 0 Å². The van der Waals surface area contributed by atoms with Crippen LogP contribution in [0.1, 0.15) is 54.2 Å². The van der Waals surface area contributed by atoms with E-state index in [1.54, 1.807) is 12.1 Å². The summed E-state index contributed by atoms with van der Waals surface area (Å²) < 4.78 is 28.1. The second-order valence-electron chi connectivity index (χ2n) is 10.2. The first-order valence-electron chi connectivity index (χ1n) is 12.9. The molecule has 2 aromatic rings. The molecule has 3 heterocycles. The first kappa shape index (κ1) is 23.3. The van der Waals surface area contributed by atoms with Crippen molar-refractivity contribution in [2.45, 2.75) is 37.5 Å². The van der Waals surface area contributed by atoms with Crippen molar-refractivity contribution in [1.29, 1.82) is 0 Å². The van der Waals surface area contributed by atoms with E-state index in [4.69, 9.17) is 23.7 Å². The number of methoxy groups -OCH3 is 2. The van der Waals surface area contributed by atoms with Crippen molar-refractivity contribution in [1.82, 2.24) is 4.90 Å². The van der Waals surface area contributed by atoms with Gasteiger partial charge in [0.2, 0.25) is 12.5 Å². The van der Waals surface area contributed by atoms with E-state index in [2.05, 4.69) is 11.0 Å². The fraction of sp³-hybridized carbons (Fsp3) is 0.536. The zero-order chi connectivity index (χ0) is 24.8. The molecule has 6 rings (SSSR count). The van der Waals surface area contributed by atoms with E-state index in [0.717, 1.165) is 42.9 Å². The smallest absolute Gasteiger partial charge is 0.310 e. The number of carbonyl (C=O) groups excluding carboxylic acids is 1. The fourth-order valence-electron chi connectivity index (χ4n) is 6.65. The Morgan fingerprint density at radius 3 is 2.28 bits per heavy atom. The number of nitrogens with zero attached hydrogens (tertiary/aromatic N) is 1. The lowest BCUT2D eigenvalue weighted by molar-refractivity contribution is -0.141. The summed E-state index contributed by atoms with van der Waals surface area (Å²) in [6, 6.07) is 7.74. The number of cyclic esters (lactones) is 1. The van der Waals surface area contributed by atoms with E-state index in [1.165, 1.54) is 39.0 Å². The predicted octanol–water partition coefficient (Wildman–Crippen LogP) is 4.03. The number of hydrogen-bond acceptors (Lipinski definition) is 8. The summed E-state index contributed by atoms with van der Waals surface area (Å²) in [5, 5.41) is 10.5. The molecule has 0 amide bonds. The van der Waals surface area contributed by atoms with E-state index in [-0.39, 0.29) is 42.2 Å². The van der Waals surface area contributed by atoms with Crippen LogP contribution < -0.4 is 18.9 Å². The largest absolute Gasteiger partial charge is 0.502 e. The third-order valence-electron chi connectivity index (χ3n) is 8.41. The van der Waals surface area contributed by atoms with Crippen LogP contribution in [0.2, 0.25) is 0 Å².